The van der Waals surface area contributed by atoms with Crippen LogP contribution in [0.25, 0.3) is 0 Å². The van der Waals surface area contributed by atoms with Crippen molar-refractivity contribution in [2.24, 2.45) is 0 Å². The number of carboxylic acids is 1. The number of benzene rings is 1. The molecule has 0 radical (unpaired) electrons. The van der Waals surface area contributed by atoms with E-state index in [2.05, 4.69) is 5.32 Å². The zero-order valence-corrected chi connectivity index (χ0v) is 11.8. The first-order valence-corrected chi connectivity index (χ1v) is 6.17. The molecular weight excluding hydrogens is 262 g/mol. The summed E-state index contributed by atoms with van der Waals surface area (Å²) >= 11 is 0. The van der Waals surface area contributed by atoms with Gasteiger partial charge in [0.05, 0.1) is 13.2 Å². The molecule has 6 heteroatoms. The van der Waals surface area contributed by atoms with Crippen molar-refractivity contribution >= 4 is 11.9 Å². The maximum atomic E-state index is 11.6. The Hall–Kier alpha value is -2.08. The molecule has 0 spiro atoms. The van der Waals surface area contributed by atoms with Gasteiger partial charge in [-0.2, -0.15) is 0 Å². The third-order valence-corrected chi connectivity index (χ3v) is 2.69. The molecule has 0 aliphatic carbocycles. The zero-order chi connectivity index (χ0) is 15.1. The fourth-order valence-electron chi connectivity index (χ4n) is 1.78. The number of aliphatic carboxylic acids is 1. The first-order valence-electron chi connectivity index (χ1n) is 6.17. The topological polar surface area (TPSA) is 84.9 Å². The van der Waals surface area contributed by atoms with Gasteiger partial charge in [0.2, 0.25) is 5.91 Å². The van der Waals surface area contributed by atoms with Gasteiger partial charge in [-0.3, -0.25) is 4.79 Å². The van der Waals surface area contributed by atoms with E-state index >= 15 is 0 Å². The van der Waals surface area contributed by atoms with Crippen molar-refractivity contribution in [2.75, 3.05) is 20.3 Å². The number of carboxylic acid groups (broad SMARTS) is 1. The van der Waals surface area contributed by atoms with Gasteiger partial charge in [0.25, 0.3) is 0 Å². The average Bonchev–Trinajstić information content (AvgIpc) is 2.38. The Morgan fingerprint density at radius 2 is 2.05 bits per heavy atom. The molecule has 1 unspecified atom stereocenters. The molecule has 2 N–H and O–H groups in total. The standard InChI is InChI=1S/C14H19NO5/c1-9-4-5-12(19-3)11(6-9)10(2)15-13(16)7-20-8-14(17)18/h4-6,10H,7-8H2,1-3H3,(H,15,16)(H,17,18). The lowest BCUT2D eigenvalue weighted by Gasteiger charge is -2.18. The van der Waals surface area contributed by atoms with Crippen LogP contribution in [0.5, 0.6) is 5.75 Å². The maximum Gasteiger partial charge on any atom is 0.329 e. The van der Waals surface area contributed by atoms with Gasteiger partial charge in [-0.1, -0.05) is 17.7 Å². The number of hydrogen-bond donors (Lipinski definition) is 2. The number of methoxy groups -OCH3 is 1. The van der Waals surface area contributed by atoms with E-state index in [4.69, 9.17) is 14.6 Å². The van der Waals surface area contributed by atoms with Crippen LogP contribution in [0.4, 0.5) is 0 Å². The minimum Gasteiger partial charge on any atom is -0.496 e. The van der Waals surface area contributed by atoms with Crippen LogP contribution in [0, 0.1) is 6.92 Å². The molecule has 0 saturated carbocycles. The molecule has 0 aliphatic heterocycles. The Labute approximate surface area is 117 Å². The van der Waals surface area contributed by atoms with E-state index in [0.29, 0.717) is 5.75 Å². The van der Waals surface area contributed by atoms with Crippen LogP contribution < -0.4 is 10.1 Å². The highest BCUT2D eigenvalue weighted by molar-refractivity contribution is 5.78. The lowest BCUT2D eigenvalue weighted by Crippen LogP contribution is -2.31. The van der Waals surface area contributed by atoms with Crippen molar-refractivity contribution in [3.05, 3.63) is 29.3 Å². The Kier molecular flexibility index (Phi) is 5.99. The van der Waals surface area contributed by atoms with E-state index in [-0.39, 0.29) is 18.6 Å². The summed E-state index contributed by atoms with van der Waals surface area (Å²) in [5, 5.41) is 11.1. The van der Waals surface area contributed by atoms with Crippen molar-refractivity contribution in [1.82, 2.24) is 5.32 Å². The third-order valence-electron chi connectivity index (χ3n) is 2.69. The van der Waals surface area contributed by atoms with Crippen LogP contribution >= 0.6 is 0 Å². The Morgan fingerprint density at radius 3 is 2.65 bits per heavy atom. The highest BCUT2D eigenvalue weighted by atomic mass is 16.5. The first kappa shape index (κ1) is 16.0. The number of rotatable bonds is 7. The predicted molar refractivity (Wildman–Crippen MR) is 72.7 cm³/mol. The van der Waals surface area contributed by atoms with Crippen LogP contribution in [0.1, 0.15) is 24.1 Å². The number of carbonyl (C=O) groups excluding carboxylic acids is 1. The van der Waals surface area contributed by atoms with E-state index in [0.717, 1.165) is 11.1 Å². The van der Waals surface area contributed by atoms with Gasteiger partial charge in [-0.15, -0.1) is 0 Å². The lowest BCUT2D eigenvalue weighted by molar-refractivity contribution is -0.143. The normalized spacial score (nSPS) is 11.8. The first-order chi connectivity index (χ1) is 9.43. The molecule has 0 aromatic heterocycles. The van der Waals surface area contributed by atoms with Crippen molar-refractivity contribution in [2.45, 2.75) is 19.9 Å². The summed E-state index contributed by atoms with van der Waals surface area (Å²) in [5.41, 5.74) is 1.92. The van der Waals surface area contributed by atoms with Gasteiger partial charge in [-0.05, 0) is 19.9 Å². The highest BCUT2D eigenvalue weighted by Gasteiger charge is 2.14. The molecule has 6 nitrogen and oxygen atoms in total. The van der Waals surface area contributed by atoms with E-state index < -0.39 is 12.6 Å². The molecule has 0 fully saturated rings. The summed E-state index contributed by atoms with van der Waals surface area (Å²) in [5.74, 6) is -0.789. The number of aryl methyl sites for hydroxylation is 1. The van der Waals surface area contributed by atoms with Crippen molar-refractivity contribution in [3.63, 3.8) is 0 Å². The monoisotopic (exact) mass is 281 g/mol. The minimum absolute atomic E-state index is 0.259. The van der Waals surface area contributed by atoms with E-state index in [1.807, 2.05) is 32.0 Å². The summed E-state index contributed by atoms with van der Waals surface area (Å²) in [6.07, 6.45) is 0. The average molecular weight is 281 g/mol. The van der Waals surface area contributed by atoms with E-state index in [9.17, 15) is 9.59 Å². The van der Waals surface area contributed by atoms with Crippen molar-refractivity contribution in [3.8, 4) is 5.75 Å². The van der Waals surface area contributed by atoms with Gasteiger partial charge < -0.3 is 19.9 Å². The Bertz CT molecular complexity index is 486. The summed E-state index contributed by atoms with van der Waals surface area (Å²) in [6.45, 7) is 3.00. The van der Waals surface area contributed by atoms with Gasteiger partial charge in [-0.25, -0.2) is 4.79 Å². The number of amides is 1. The smallest absolute Gasteiger partial charge is 0.329 e. The molecule has 0 saturated heterocycles. The predicted octanol–water partition coefficient (Wildman–Crippen LogP) is 1.28. The van der Waals surface area contributed by atoms with Crippen LogP contribution in [-0.2, 0) is 14.3 Å². The second-order valence-corrected chi connectivity index (χ2v) is 4.42. The van der Waals surface area contributed by atoms with Crippen molar-refractivity contribution < 1.29 is 24.2 Å². The summed E-state index contributed by atoms with van der Waals surface area (Å²) in [6, 6.07) is 5.44. The maximum absolute atomic E-state index is 11.6. The van der Waals surface area contributed by atoms with Crippen molar-refractivity contribution in [1.29, 1.82) is 0 Å². The van der Waals surface area contributed by atoms with E-state index in [1.54, 1.807) is 7.11 Å². The molecule has 20 heavy (non-hydrogen) atoms. The second kappa shape index (κ2) is 7.49. The van der Waals surface area contributed by atoms with Gasteiger partial charge in [0.1, 0.15) is 19.0 Å². The number of hydrogen-bond acceptors (Lipinski definition) is 4. The van der Waals surface area contributed by atoms with Crippen LogP contribution in [-0.4, -0.2) is 37.3 Å². The number of carbonyl (C=O) groups is 2. The fourth-order valence-corrected chi connectivity index (χ4v) is 1.78. The van der Waals surface area contributed by atoms with E-state index in [1.165, 1.54) is 0 Å². The molecular formula is C14H19NO5. The molecule has 1 amide bonds. The summed E-state index contributed by atoms with van der Waals surface area (Å²) in [4.78, 5) is 21.9. The van der Waals surface area contributed by atoms with Crippen LogP contribution in [0.3, 0.4) is 0 Å². The van der Waals surface area contributed by atoms with Gasteiger partial charge in [0.15, 0.2) is 0 Å². The molecule has 1 rings (SSSR count). The second-order valence-electron chi connectivity index (χ2n) is 4.42. The van der Waals surface area contributed by atoms with Gasteiger partial charge >= 0.3 is 5.97 Å². The SMILES string of the molecule is COc1ccc(C)cc1C(C)NC(=O)COCC(=O)O. The lowest BCUT2D eigenvalue weighted by atomic mass is 10.0. The molecule has 0 bridgehead atoms. The molecule has 1 aromatic carbocycles. The minimum atomic E-state index is -1.11. The largest absolute Gasteiger partial charge is 0.496 e. The fraction of sp³-hybridized carbons (Fsp3) is 0.429. The molecule has 0 aliphatic rings. The van der Waals surface area contributed by atoms with Gasteiger partial charge in [0, 0.05) is 5.56 Å². The Morgan fingerprint density at radius 1 is 1.35 bits per heavy atom. The molecule has 0 heterocycles. The number of ether oxygens (including phenoxy) is 2. The molecule has 1 aromatic rings. The Balaban J connectivity index is 2.61. The highest BCUT2D eigenvalue weighted by Crippen LogP contribution is 2.25. The van der Waals surface area contributed by atoms with Crippen LogP contribution in [0.2, 0.25) is 0 Å². The number of nitrogens with one attached hydrogen (secondary N) is 1. The summed E-state index contributed by atoms with van der Waals surface area (Å²) in [7, 11) is 1.57. The third kappa shape index (κ3) is 4.89. The molecule has 1 atom stereocenters. The summed E-state index contributed by atoms with van der Waals surface area (Å²) < 4.78 is 9.99. The quantitative estimate of drug-likeness (QED) is 0.786. The zero-order valence-electron chi connectivity index (χ0n) is 11.8. The van der Waals surface area contributed by atoms with Crippen LogP contribution in [0.15, 0.2) is 18.2 Å². The molecule has 110 valence electrons.